The standard InChI is InChI=1S/C20H13BrFN3O2S2/c21-12-5-1-3-7-14(12)23-17(26)11-29-20-24-15-9-10-28-18(15)19(27)25(20)16-8-4-2-6-13(16)22/h1-10H,11H2,(H,23,26). The summed E-state index contributed by atoms with van der Waals surface area (Å²) in [5.74, 6) is -0.786. The SMILES string of the molecule is O=C(CSc1nc2ccsc2c(=O)n1-c1ccccc1F)Nc1ccccc1Br. The highest BCUT2D eigenvalue weighted by Gasteiger charge is 2.18. The van der Waals surface area contributed by atoms with Crippen LogP contribution in [-0.2, 0) is 4.79 Å². The summed E-state index contributed by atoms with van der Waals surface area (Å²) in [6.07, 6.45) is 0. The summed E-state index contributed by atoms with van der Waals surface area (Å²) in [6.45, 7) is 0. The van der Waals surface area contributed by atoms with Gasteiger partial charge < -0.3 is 5.32 Å². The van der Waals surface area contributed by atoms with E-state index in [9.17, 15) is 14.0 Å². The van der Waals surface area contributed by atoms with Crippen molar-refractivity contribution < 1.29 is 9.18 Å². The number of halogens is 2. The molecule has 0 unspecified atom stereocenters. The predicted molar refractivity (Wildman–Crippen MR) is 119 cm³/mol. The van der Waals surface area contributed by atoms with E-state index in [4.69, 9.17) is 0 Å². The largest absolute Gasteiger partial charge is 0.324 e. The molecule has 29 heavy (non-hydrogen) atoms. The Morgan fingerprint density at radius 1 is 1.17 bits per heavy atom. The van der Waals surface area contributed by atoms with E-state index in [-0.39, 0.29) is 28.1 Å². The second-order valence-electron chi connectivity index (χ2n) is 5.94. The maximum absolute atomic E-state index is 14.4. The molecule has 1 amide bonds. The lowest BCUT2D eigenvalue weighted by molar-refractivity contribution is -0.113. The van der Waals surface area contributed by atoms with Crippen LogP contribution >= 0.6 is 39.0 Å². The number of nitrogens with zero attached hydrogens (tertiary/aromatic N) is 2. The highest BCUT2D eigenvalue weighted by atomic mass is 79.9. The van der Waals surface area contributed by atoms with Gasteiger partial charge in [-0.1, -0.05) is 36.0 Å². The zero-order valence-corrected chi connectivity index (χ0v) is 18.0. The molecule has 4 aromatic rings. The first-order valence-electron chi connectivity index (χ1n) is 8.47. The van der Waals surface area contributed by atoms with Crippen LogP contribution in [0.5, 0.6) is 0 Å². The Hall–Kier alpha value is -2.49. The average molecular weight is 490 g/mol. The lowest BCUT2D eigenvalue weighted by atomic mass is 10.3. The van der Waals surface area contributed by atoms with E-state index in [1.54, 1.807) is 29.6 Å². The molecule has 146 valence electrons. The summed E-state index contributed by atoms with van der Waals surface area (Å²) >= 11 is 5.72. The summed E-state index contributed by atoms with van der Waals surface area (Å²) in [6, 6.07) is 15.0. The van der Waals surface area contributed by atoms with E-state index in [1.807, 2.05) is 18.2 Å². The van der Waals surface area contributed by atoms with Crippen LogP contribution in [0.15, 0.2) is 74.4 Å². The highest BCUT2D eigenvalue weighted by Crippen LogP contribution is 2.26. The number of anilines is 1. The van der Waals surface area contributed by atoms with Crippen LogP contribution in [0.25, 0.3) is 15.9 Å². The van der Waals surface area contributed by atoms with Crippen molar-refractivity contribution in [2.75, 3.05) is 11.1 Å². The molecule has 0 saturated carbocycles. The van der Waals surface area contributed by atoms with Crippen LogP contribution in [0, 0.1) is 5.82 Å². The molecule has 2 aromatic heterocycles. The van der Waals surface area contributed by atoms with E-state index < -0.39 is 5.82 Å². The molecule has 2 aromatic carbocycles. The summed E-state index contributed by atoms with van der Waals surface area (Å²) in [7, 11) is 0. The third kappa shape index (κ3) is 4.12. The van der Waals surface area contributed by atoms with Crippen molar-refractivity contribution in [1.82, 2.24) is 9.55 Å². The first kappa shape index (κ1) is 19.8. The van der Waals surface area contributed by atoms with Crippen molar-refractivity contribution in [3.05, 3.63) is 80.6 Å². The van der Waals surface area contributed by atoms with Gasteiger partial charge >= 0.3 is 0 Å². The van der Waals surface area contributed by atoms with Gasteiger partial charge in [-0.2, -0.15) is 0 Å². The lowest BCUT2D eigenvalue weighted by Crippen LogP contribution is -2.23. The van der Waals surface area contributed by atoms with E-state index >= 15 is 0 Å². The molecule has 2 heterocycles. The maximum atomic E-state index is 14.4. The van der Waals surface area contributed by atoms with Gasteiger partial charge in [0.15, 0.2) is 5.16 Å². The number of benzene rings is 2. The van der Waals surface area contributed by atoms with Gasteiger partial charge in [-0.05, 0) is 51.6 Å². The number of fused-ring (bicyclic) bond motifs is 1. The first-order valence-corrected chi connectivity index (χ1v) is 11.1. The molecular formula is C20H13BrFN3O2S2. The summed E-state index contributed by atoms with van der Waals surface area (Å²) in [5.41, 5.74) is 0.921. The fraction of sp³-hybridized carbons (Fsp3) is 0.0500. The number of carbonyl (C=O) groups is 1. The number of aromatic nitrogens is 2. The number of rotatable bonds is 5. The number of hydrogen-bond acceptors (Lipinski definition) is 5. The molecule has 4 rings (SSSR count). The molecule has 1 N–H and O–H groups in total. The van der Waals surface area contributed by atoms with Crippen molar-refractivity contribution in [2.24, 2.45) is 0 Å². The van der Waals surface area contributed by atoms with Crippen LogP contribution in [0.2, 0.25) is 0 Å². The zero-order chi connectivity index (χ0) is 20.4. The Bertz CT molecular complexity index is 1270. The number of para-hydroxylation sites is 2. The normalized spacial score (nSPS) is 11.0. The first-order chi connectivity index (χ1) is 14.0. The van der Waals surface area contributed by atoms with Gasteiger partial charge in [-0.3, -0.25) is 14.2 Å². The number of nitrogens with one attached hydrogen (secondary N) is 1. The Morgan fingerprint density at radius 3 is 2.72 bits per heavy atom. The van der Waals surface area contributed by atoms with Crippen molar-refractivity contribution >= 4 is 60.8 Å². The third-order valence-electron chi connectivity index (χ3n) is 4.02. The maximum Gasteiger partial charge on any atom is 0.276 e. The molecule has 0 aliphatic carbocycles. The van der Waals surface area contributed by atoms with Gasteiger partial charge in [-0.15, -0.1) is 11.3 Å². The monoisotopic (exact) mass is 489 g/mol. The molecule has 0 aliphatic rings. The lowest BCUT2D eigenvalue weighted by Gasteiger charge is -2.13. The number of carbonyl (C=O) groups excluding carboxylic acids is 1. The summed E-state index contributed by atoms with van der Waals surface area (Å²) in [4.78, 5) is 29.9. The molecule has 0 spiro atoms. The van der Waals surface area contributed by atoms with Crippen LogP contribution in [-0.4, -0.2) is 21.2 Å². The van der Waals surface area contributed by atoms with Gasteiger partial charge in [0.25, 0.3) is 5.56 Å². The minimum Gasteiger partial charge on any atom is -0.324 e. The molecule has 0 saturated heterocycles. The topological polar surface area (TPSA) is 64.0 Å². The Balaban J connectivity index is 1.67. The average Bonchev–Trinajstić information content (AvgIpc) is 3.18. The Labute approximate surface area is 181 Å². The second kappa shape index (κ2) is 8.48. The molecular weight excluding hydrogens is 477 g/mol. The van der Waals surface area contributed by atoms with Crippen molar-refractivity contribution in [3.8, 4) is 5.69 Å². The molecule has 0 fully saturated rings. The van der Waals surface area contributed by atoms with Crippen molar-refractivity contribution in [1.29, 1.82) is 0 Å². The van der Waals surface area contributed by atoms with E-state index in [0.29, 0.717) is 15.9 Å². The molecule has 0 bridgehead atoms. The minimum atomic E-state index is -0.535. The molecule has 0 aliphatic heterocycles. The van der Waals surface area contributed by atoms with Gasteiger partial charge in [0.1, 0.15) is 10.5 Å². The van der Waals surface area contributed by atoms with Gasteiger partial charge in [0.05, 0.1) is 22.6 Å². The molecule has 5 nitrogen and oxygen atoms in total. The van der Waals surface area contributed by atoms with E-state index in [1.165, 1.54) is 28.0 Å². The van der Waals surface area contributed by atoms with Crippen LogP contribution in [0.3, 0.4) is 0 Å². The fourth-order valence-corrected chi connectivity index (χ4v) is 4.66. The quantitative estimate of drug-likeness (QED) is 0.313. The van der Waals surface area contributed by atoms with Gasteiger partial charge in [0, 0.05) is 4.47 Å². The third-order valence-corrected chi connectivity index (χ3v) is 6.54. The highest BCUT2D eigenvalue weighted by molar-refractivity contribution is 9.10. The van der Waals surface area contributed by atoms with E-state index in [2.05, 4.69) is 26.2 Å². The van der Waals surface area contributed by atoms with Crippen molar-refractivity contribution in [3.63, 3.8) is 0 Å². The number of thiophene rings is 1. The van der Waals surface area contributed by atoms with Gasteiger partial charge in [-0.25, -0.2) is 9.37 Å². The Morgan fingerprint density at radius 2 is 1.93 bits per heavy atom. The molecule has 9 heteroatoms. The summed E-state index contributed by atoms with van der Waals surface area (Å²) in [5, 5.41) is 4.82. The molecule has 0 radical (unpaired) electrons. The summed E-state index contributed by atoms with van der Waals surface area (Å²) < 4.78 is 16.8. The number of hydrogen-bond donors (Lipinski definition) is 1. The fourth-order valence-electron chi connectivity index (χ4n) is 2.71. The van der Waals surface area contributed by atoms with E-state index in [0.717, 1.165) is 16.2 Å². The number of thioether (sulfide) groups is 1. The number of amides is 1. The van der Waals surface area contributed by atoms with Crippen LogP contribution < -0.4 is 10.9 Å². The van der Waals surface area contributed by atoms with Crippen LogP contribution in [0.1, 0.15) is 0 Å². The van der Waals surface area contributed by atoms with Gasteiger partial charge in [0.2, 0.25) is 5.91 Å². The van der Waals surface area contributed by atoms with Crippen molar-refractivity contribution in [2.45, 2.75) is 5.16 Å². The molecule has 0 atom stereocenters. The Kier molecular flexibility index (Phi) is 5.79. The zero-order valence-electron chi connectivity index (χ0n) is 14.8. The predicted octanol–water partition coefficient (Wildman–Crippen LogP) is 5.08. The van der Waals surface area contributed by atoms with Crippen LogP contribution in [0.4, 0.5) is 10.1 Å². The smallest absolute Gasteiger partial charge is 0.276 e. The minimum absolute atomic E-state index is 0.0118. The second-order valence-corrected chi connectivity index (χ2v) is 8.65.